The molecule has 0 N–H and O–H groups in total. The minimum atomic E-state index is 0.0345. The standard InChI is InChI=1S/C25H33N5O3/c1-3-28(25(32)20-6-4-7-20)18-24(31)30-15-5-14-29(16-17-30)23-13-12-22(26-27-23)19-8-10-21(33-2)11-9-19/h8-13,20H,3-7,14-18H2,1-2H3. The summed E-state index contributed by atoms with van der Waals surface area (Å²) in [7, 11) is 1.65. The molecule has 1 aromatic heterocycles. The summed E-state index contributed by atoms with van der Waals surface area (Å²) < 4.78 is 5.21. The van der Waals surface area contributed by atoms with E-state index in [2.05, 4.69) is 15.1 Å². The highest BCUT2D eigenvalue weighted by Gasteiger charge is 2.30. The summed E-state index contributed by atoms with van der Waals surface area (Å²) in [5.41, 5.74) is 1.79. The Morgan fingerprint density at radius 1 is 1.00 bits per heavy atom. The average molecular weight is 452 g/mol. The van der Waals surface area contributed by atoms with Crippen LogP contribution in [0.5, 0.6) is 5.75 Å². The molecule has 33 heavy (non-hydrogen) atoms. The predicted molar refractivity (Wildman–Crippen MR) is 127 cm³/mol. The molecule has 0 atom stereocenters. The Kier molecular flexibility index (Phi) is 7.42. The van der Waals surface area contributed by atoms with E-state index in [9.17, 15) is 9.59 Å². The van der Waals surface area contributed by atoms with Gasteiger partial charge in [0.2, 0.25) is 11.8 Å². The van der Waals surface area contributed by atoms with Crippen molar-refractivity contribution in [2.75, 3.05) is 51.3 Å². The number of ether oxygens (including phenoxy) is 1. The summed E-state index contributed by atoms with van der Waals surface area (Å²) in [6.07, 6.45) is 3.89. The lowest BCUT2D eigenvalue weighted by Crippen LogP contribution is -2.46. The Labute approximate surface area is 195 Å². The minimum Gasteiger partial charge on any atom is -0.497 e. The maximum Gasteiger partial charge on any atom is 0.242 e. The molecule has 1 saturated carbocycles. The van der Waals surface area contributed by atoms with E-state index in [1.807, 2.05) is 48.2 Å². The van der Waals surface area contributed by atoms with Crippen LogP contribution in [0.25, 0.3) is 11.3 Å². The van der Waals surface area contributed by atoms with Crippen LogP contribution in [0.3, 0.4) is 0 Å². The van der Waals surface area contributed by atoms with Crippen LogP contribution in [0.4, 0.5) is 5.82 Å². The number of benzene rings is 1. The SMILES string of the molecule is CCN(CC(=O)N1CCCN(c2ccc(-c3ccc(OC)cc3)nn2)CC1)C(=O)C1CCC1. The number of hydrogen-bond acceptors (Lipinski definition) is 6. The Bertz CT molecular complexity index is 944. The quantitative estimate of drug-likeness (QED) is 0.644. The molecule has 0 radical (unpaired) electrons. The molecule has 2 amide bonds. The van der Waals surface area contributed by atoms with Gasteiger partial charge in [0.15, 0.2) is 5.82 Å². The third-order valence-corrected chi connectivity index (χ3v) is 6.68. The van der Waals surface area contributed by atoms with Gasteiger partial charge in [0.25, 0.3) is 0 Å². The summed E-state index contributed by atoms with van der Waals surface area (Å²) in [6.45, 7) is 5.54. The van der Waals surface area contributed by atoms with Crippen molar-refractivity contribution in [1.29, 1.82) is 0 Å². The minimum absolute atomic E-state index is 0.0345. The lowest BCUT2D eigenvalue weighted by atomic mass is 9.84. The van der Waals surface area contributed by atoms with E-state index < -0.39 is 0 Å². The number of amides is 2. The largest absolute Gasteiger partial charge is 0.497 e. The molecule has 0 bridgehead atoms. The van der Waals surface area contributed by atoms with Crippen LogP contribution in [-0.4, -0.2) is 78.2 Å². The van der Waals surface area contributed by atoms with Crippen molar-refractivity contribution >= 4 is 17.6 Å². The zero-order valence-electron chi connectivity index (χ0n) is 19.6. The number of carbonyl (C=O) groups is 2. The van der Waals surface area contributed by atoms with Crippen molar-refractivity contribution in [2.45, 2.75) is 32.6 Å². The number of carbonyl (C=O) groups excluding carboxylic acids is 2. The smallest absolute Gasteiger partial charge is 0.242 e. The van der Waals surface area contributed by atoms with E-state index in [4.69, 9.17) is 4.74 Å². The van der Waals surface area contributed by atoms with Crippen LogP contribution in [0, 0.1) is 5.92 Å². The third kappa shape index (κ3) is 5.43. The van der Waals surface area contributed by atoms with E-state index in [0.717, 1.165) is 55.1 Å². The van der Waals surface area contributed by atoms with Gasteiger partial charge in [-0.1, -0.05) is 6.42 Å². The molecule has 4 rings (SSSR count). The second kappa shape index (κ2) is 10.6. The fourth-order valence-electron chi connectivity index (χ4n) is 4.33. The number of aromatic nitrogens is 2. The Hall–Kier alpha value is -3.16. The topological polar surface area (TPSA) is 78.9 Å². The Morgan fingerprint density at radius 2 is 1.79 bits per heavy atom. The fraction of sp³-hybridized carbons (Fsp3) is 0.520. The number of methoxy groups -OCH3 is 1. The third-order valence-electron chi connectivity index (χ3n) is 6.68. The van der Waals surface area contributed by atoms with Gasteiger partial charge in [0, 0.05) is 44.2 Å². The molecule has 1 saturated heterocycles. The molecule has 1 aliphatic carbocycles. The normalized spacial score (nSPS) is 16.7. The first-order valence-electron chi connectivity index (χ1n) is 11.9. The van der Waals surface area contributed by atoms with E-state index in [0.29, 0.717) is 26.2 Å². The summed E-state index contributed by atoms with van der Waals surface area (Å²) in [5.74, 6) is 1.92. The predicted octanol–water partition coefficient (Wildman–Crippen LogP) is 2.84. The maximum absolute atomic E-state index is 12.9. The van der Waals surface area contributed by atoms with Crippen molar-refractivity contribution in [3.05, 3.63) is 36.4 Å². The monoisotopic (exact) mass is 451 g/mol. The molecule has 8 nitrogen and oxygen atoms in total. The van der Waals surface area contributed by atoms with Gasteiger partial charge < -0.3 is 19.4 Å². The van der Waals surface area contributed by atoms with Crippen LogP contribution in [0.1, 0.15) is 32.6 Å². The average Bonchev–Trinajstić information content (AvgIpc) is 3.08. The van der Waals surface area contributed by atoms with Gasteiger partial charge in [-0.2, -0.15) is 0 Å². The summed E-state index contributed by atoms with van der Waals surface area (Å²) in [6, 6.07) is 11.7. The lowest BCUT2D eigenvalue weighted by Gasteiger charge is -2.32. The van der Waals surface area contributed by atoms with Gasteiger partial charge in [0.05, 0.1) is 19.3 Å². The number of nitrogens with zero attached hydrogens (tertiary/aromatic N) is 5. The Balaban J connectivity index is 1.33. The maximum atomic E-state index is 12.9. The van der Waals surface area contributed by atoms with E-state index in [1.54, 1.807) is 12.0 Å². The van der Waals surface area contributed by atoms with Crippen molar-refractivity contribution in [2.24, 2.45) is 5.92 Å². The number of rotatable bonds is 7. The summed E-state index contributed by atoms with van der Waals surface area (Å²) >= 11 is 0. The lowest BCUT2D eigenvalue weighted by molar-refractivity contribution is -0.144. The highest BCUT2D eigenvalue weighted by Crippen LogP contribution is 2.28. The molecule has 2 heterocycles. The number of likely N-dealkylation sites (N-methyl/N-ethyl adjacent to an activating group) is 1. The van der Waals surface area contributed by atoms with Gasteiger partial charge in [-0.05, 0) is 62.6 Å². The fourth-order valence-corrected chi connectivity index (χ4v) is 4.33. The molecule has 1 aliphatic heterocycles. The van der Waals surface area contributed by atoms with Crippen LogP contribution >= 0.6 is 0 Å². The highest BCUT2D eigenvalue weighted by atomic mass is 16.5. The van der Waals surface area contributed by atoms with Crippen molar-refractivity contribution in [1.82, 2.24) is 20.0 Å². The first-order valence-corrected chi connectivity index (χ1v) is 11.9. The highest BCUT2D eigenvalue weighted by molar-refractivity contribution is 5.86. The van der Waals surface area contributed by atoms with Crippen LogP contribution in [-0.2, 0) is 9.59 Å². The molecule has 8 heteroatoms. The van der Waals surface area contributed by atoms with Gasteiger partial charge in [-0.25, -0.2) is 0 Å². The molecule has 1 aromatic carbocycles. The Morgan fingerprint density at radius 3 is 2.39 bits per heavy atom. The molecular formula is C25H33N5O3. The van der Waals surface area contributed by atoms with Crippen LogP contribution in [0.2, 0.25) is 0 Å². The molecule has 0 unspecified atom stereocenters. The van der Waals surface area contributed by atoms with Gasteiger partial charge >= 0.3 is 0 Å². The molecule has 2 aromatic rings. The molecule has 0 spiro atoms. The molecule has 2 aliphatic rings. The number of anilines is 1. The summed E-state index contributed by atoms with van der Waals surface area (Å²) in [4.78, 5) is 31.3. The molecular weight excluding hydrogens is 418 g/mol. The summed E-state index contributed by atoms with van der Waals surface area (Å²) in [5, 5.41) is 8.85. The van der Waals surface area contributed by atoms with Crippen LogP contribution in [0.15, 0.2) is 36.4 Å². The van der Waals surface area contributed by atoms with Gasteiger partial charge in [0.1, 0.15) is 5.75 Å². The second-order valence-electron chi connectivity index (χ2n) is 8.71. The molecule has 176 valence electrons. The van der Waals surface area contributed by atoms with Gasteiger partial charge in [-0.3, -0.25) is 9.59 Å². The van der Waals surface area contributed by atoms with Crippen molar-refractivity contribution < 1.29 is 14.3 Å². The molecule has 2 fully saturated rings. The van der Waals surface area contributed by atoms with Crippen LogP contribution < -0.4 is 9.64 Å². The second-order valence-corrected chi connectivity index (χ2v) is 8.71. The van der Waals surface area contributed by atoms with Crippen molar-refractivity contribution in [3.63, 3.8) is 0 Å². The van der Waals surface area contributed by atoms with E-state index in [1.165, 1.54) is 0 Å². The number of hydrogen-bond donors (Lipinski definition) is 0. The first kappa shape index (κ1) is 23.0. The van der Waals surface area contributed by atoms with Crippen molar-refractivity contribution in [3.8, 4) is 17.0 Å². The zero-order chi connectivity index (χ0) is 23.2. The van der Waals surface area contributed by atoms with Gasteiger partial charge in [-0.15, -0.1) is 10.2 Å². The first-order chi connectivity index (χ1) is 16.1. The van der Waals surface area contributed by atoms with E-state index >= 15 is 0 Å². The van der Waals surface area contributed by atoms with E-state index in [-0.39, 0.29) is 24.3 Å². The zero-order valence-corrected chi connectivity index (χ0v) is 19.6.